The number of halogens is 1. The summed E-state index contributed by atoms with van der Waals surface area (Å²) in [5.41, 5.74) is 0.762. The van der Waals surface area contributed by atoms with Gasteiger partial charge in [0.2, 0.25) is 5.91 Å². The number of esters is 1. The zero-order chi connectivity index (χ0) is 18.4. The molecule has 25 heavy (non-hydrogen) atoms. The van der Waals surface area contributed by atoms with Crippen LogP contribution in [-0.4, -0.2) is 41.9 Å². The molecule has 0 radical (unpaired) electrons. The van der Waals surface area contributed by atoms with Crippen molar-refractivity contribution in [2.45, 2.75) is 45.6 Å². The molecule has 0 spiro atoms. The van der Waals surface area contributed by atoms with Crippen molar-refractivity contribution in [1.82, 2.24) is 4.90 Å². The number of hydrogen-bond donors (Lipinski definition) is 1. The number of rotatable bonds is 5. The van der Waals surface area contributed by atoms with Crippen molar-refractivity contribution in [1.29, 1.82) is 0 Å². The number of carbonyl (C=O) groups is 3. The maximum Gasteiger partial charge on any atom is 0.326 e. The van der Waals surface area contributed by atoms with E-state index in [0.29, 0.717) is 24.2 Å². The molecule has 1 atom stereocenters. The van der Waals surface area contributed by atoms with Crippen LogP contribution in [0.3, 0.4) is 0 Å². The summed E-state index contributed by atoms with van der Waals surface area (Å²) in [4.78, 5) is 37.4. The monoisotopic (exact) mass is 350 g/mol. The molecule has 0 aliphatic carbocycles. The lowest BCUT2D eigenvalue weighted by atomic mass is 10.2. The van der Waals surface area contributed by atoms with Crippen molar-refractivity contribution in [2.75, 3.05) is 18.4 Å². The van der Waals surface area contributed by atoms with Gasteiger partial charge in [0.15, 0.2) is 6.10 Å². The van der Waals surface area contributed by atoms with E-state index in [1.807, 2.05) is 0 Å². The van der Waals surface area contributed by atoms with E-state index in [1.165, 1.54) is 17.9 Å². The van der Waals surface area contributed by atoms with Crippen LogP contribution in [-0.2, 0) is 19.1 Å². The van der Waals surface area contributed by atoms with Crippen molar-refractivity contribution in [3.8, 4) is 0 Å². The van der Waals surface area contributed by atoms with Gasteiger partial charge in [-0.05, 0) is 44.4 Å². The van der Waals surface area contributed by atoms with Gasteiger partial charge in [-0.3, -0.25) is 14.4 Å². The number of nitrogens with one attached hydrogen (secondary N) is 1. The standard InChI is InChI=1S/C18H23FN2O4/c1-12-7-8-14(10-15(12)19)20-18(24)13(2)25-17(23)11-21-9-5-3-4-6-16(21)22/h7-8,10,13H,3-6,9,11H2,1-2H3,(H,20,24)/t13-/m0/s1. The van der Waals surface area contributed by atoms with Crippen LogP contribution < -0.4 is 5.32 Å². The lowest BCUT2D eigenvalue weighted by molar-refractivity contribution is -0.156. The molecule has 1 aromatic carbocycles. The molecule has 1 N–H and O–H groups in total. The maximum absolute atomic E-state index is 13.5. The highest BCUT2D eigenvalue weighted by molar-refractivity contribution is 5.95. The van der Waals surface area contributed by atoms with Gasteiger partial charge in [-0.15, -0.1) is 0 Å². The first-order valence-electron chi connectivity index (χ1n) is 8.41. The van der Waals surface area contributed by atoms with E-state index in [-0.39, 0.29) is 12.5 Å². The Hall–Kier alpha value is -2.44. The van der Waals surface area contributed by atoms with Crippen molar-refractivity contribution in [3.63, 3.8) is 0 Å². The second-order valence-corrected chi connectivity index (χ2v) is 6.21. The Bertz CT molecular complexity index is 662. The Morgan fingerprint density at radius 1 is 1.32 bits per heavy atom. The highest BCUT2D eigenvalue weighted by Gasteiger charge is 2.23. The second-order valence-electron chi connectivity index (χ2n) is 6.21. The summed E-state index contributed by atoms with van der Waals surface area (Å²) in [5.74, 6) is -1.68. The molecule has 1 aliphatic heterocycles. The minimum Gasteiger partial charge on any atom is -0.451 e. The molecule has 1 saturated heterocycles. The summed E-state index contributed by atoms with van der Waals surface area (Å²) in [7, 11) is 0. The van der Waals surface area contributed by atoms with Crippen molar-refractivity contribution < 1.29 is 23.5 Å². The molecular weight excluding hydrogens is 327 g/mol. The topological polar surface area (TPSA) is 75.7 Å². The van der Waals surface area contributed by atoms with Gasteiger partial charge >= 0.3 is 5.97 Å². The molecule has 0 unspecified atom stereocenters. The number of amides is 2. The first-order chi connectivity index (χ1) is 11.9. The average Bonchev–Trinajstić information content (AvgIpc) is 2.75. The molecule has 0 bridgehead atoms. The minimum absolute atomic E-state index is 0.0679. The van der Waals surface area contributed by atoms with Gasteiger partial charge in [-0.25, -0.2) is 4.39 Å². The largest absolute Gasteiger partial charge is 0.451 e. The Labute approximate surface area is 146 Å². The number of aryl methyl sites for hydroxylation is 1. The van der Waals surface area contributed by atoms with E-state index in [1.54, 1.807) is 19.1 Å². The Kier molecular flexibility index (Phi) is 6.50. The molecule has 1 fully saturated rings. The van der Waals surface area contributed by atoms with Crippen LogP contribution in [0.4, 0.5) is 10.1 Å². The van der Waals surface area contributed by atoms with Gasteiger partial charge in [-0.2, -0.15) is 0 Å². The third-order valence-corrected chi connectivity index (χ3v) is 4.11. The number of nitrogens with zero attached hydrogens (tertiary/aromatic N) is 1. The van der Waals surface area contributed by atoms with E-state index >= 15 is 0 Å². The summed E-state index contributed by atoms with van der Waals surface area (Å²) >= 11 is 0. The number of carbonyl (C=O) groups excluding carboxylic acids is 3. The molecule has 1 aromatic rings. The predicted octanol–water partition coefficient (Wildman–Crippen LogP) is 2.41. The van der Waals surface area contributed by atoms with Crippen LogP contribution in [0.25, 0.3) is 0 Å². The summed E-state index contributed by atoms with van der Waals surface area (Å²) < 4.78 is 18.6. The molecule has 7 heteroatoms. The van der Waals surface area contributed by atoms with Crippen molar-refractivity contribution in [3.05, 3.63) is 29.6 Å². The van der Waals surface area contributed by atoms with Crippen LogP contribution >= 0.6 is 0 Å². The Balaban J connectivity index is 1.85. The molecule has 0 aromatic heterocycles. The summed E-state index contributed by atoms with van der Waals surface area (Å²) in [6.07, 6.45) is 2.04. The van der Waals surface area contributed by atoms with E-state index in [0.717, 1.165) is 19.3 Å². The predicted molar refractivity (Wildman–Crippen MR) is 90.4 cm³/mol. The summed E-state index contributed by atoms with van der Waals surface area (Å²) in [6, 6.07) is 4.32. The van der Waals surface area contributed by atoms with Gasteiger partial charge in [0.1, 0.15) is 12.4 Å². The zero-order valence-electron chi connectivity index (χ0n) is 14.5. The quantitative estimate of drug-likeness (QED) is 0.828. The number of ether oxygens (including phenoxy) is 1. The Morgan fingerprint density at radius 2 is 2.08 bits per heavy atom. The van der Waals surface area contributed by atoms with Gasteiger partial charge in [-0.1, -0.05) is 12.5 Å². The first-order valence-corrected chi connectivity index (χ1v) is 8.41. The summed E-state index contributed by atoms with van der Waals surface area (Å²) in [6.45, 7) is 3.42. The highest BCUT2D eigenvalue weighted by Crippen LogP contribution is 2.14. The fraction of sp³-hybridized carbons (Fsp3) is 0.500. The number of hydrogen-bond acceptors (Lipinski definition) is 4. The fourth-order valence-electron chi connectivity index (χ4n) is 2.56. The summed E-state index contributed by atoms with van der Waals surface area (Å²) in [5, 5.41) is 2.50. The third kappa shape index (κ3) is 5.55. The average molecular weight is 350 g/mol. The molecule has 1 aliphatic rings. The van der Waals surface area contributed by atoms with Crippen LogP contribution in [0, 0.1) is 12.7 Å². The lowest BCUT2D eigenvalue weighted by Crippen LogP contribution is -2.38. The first kappa shape index (κ1) is 18.9. The van der Waals surface area contributed by atoms with Crippen LogP contribution in [0.2, 0.25) is 0 Å². The van der Waals surface area contributed by atoms with E-state index in [4.69, 9.17) is 4.74 Å². The van der Waals surface area contributed by atoms with Crippen LogP contribution in [0.5, 0.6) is 0 Å². The van der Waals surface area contributed by atoms with E-state index in [9.17, 15) is 18.8 Å². The maximum atomic E-state index is 13.5. The number of anilines is 1. The van der Waals surface area contributed by atoms with E-state index < -0.39 is 23.8 Å². The van der Waals surface area contributed by atoms with E-state index in [2.05, 4.69) is 5.32 Å². The SMILES string of the molecule is Cc1ccc(NC(=O)[C@H](C)OC(=O)CN2CCCCCC2=O)cc1F. The molecule has 2 rings (SSSR count). The normalized spacial score (nSPS) is 16.1. The highest BCUT2D eigenvalue weighted by atomic mass is 19.1. The van der Waals surface area contributed by atoms with Crippen molar-refractivity contribution >= 4 is 23.5 Å². The molecule has 2 amide bonds. The van der Waals surface area contributed by atoms with Gasteiger partial charge in [0.05, 0.1) is 0 Å². The van der Waals surface area contributed by atoms with Crippen molar-refractivity contribution in [2.24, 2.45) is 0 Å². The molecule has 1 heterocycles. The second kappa shape index (κ2) is 8.60. The lowest BCUT2D eigenvalue weighted by Gasteiger charge is -2.20. The number of benzene rings is 1. The van der Waals surface area contributed by atoms with Crippen LogP contribution in [0.15, 0.2) is 18.2 Å². The smallest absolute Gasteiger partial charge is 0.326 e. The number of likely N-dealkylation sites (tertiary alicyclic amines) is 1. The third-order valence-electron chi connectivity index (χ3n) is 4.11. The molecule has 6 nitrogen and oxygen atoms in total. The molecule has 136 valence electrons. The van der Waals surface area contributed by atoms with Gasteiger partial charge < -0.3 is 15.0 Å². The van der Waals surface area contributed by atoms with Gasteiger partial charge in [0.25, 0.3) is 5.91 Å². The molecular formula is C18H23FN2O4. The Morgan fingerprint density at radius 3 is 2.80 bits per heavy atom. The fourth-order valence-corrected chi connectivity index (χ4v) is 2.56. The minimum atomic E-state index is -1.04. The van der Waals surface area contributed by atoms with Gasteiger partial charge in [0, 0.05) is 18.7 Å². The zero-order valence-corrected chi connectivity index (χ0v) is 14.5. The van der Waals surface area contributed by atoms with Crippen LogP contribution in [0.1, 0.15) is 38.2 Å². The molecule has 0 saturated carbocycles.